The average Bonchev–Trinajstić information content (AvgIpc) is 2.29. The van der Waals surface area contributed by atoms with Gasteiger partial charge in [0.1, 0.15) is 0 Å². The van der Waals surface area contributed by atoms with Gasteiger partial charge in [-0.2, -0.15) is 0 Å². The summed E-state index contributed by atoms with van der Waals surface area (Å²) in [6.07, 6.45) is 6.98. The van der Waals surface area contributed by atoms with E-state index in [0.717, 1.165) is 25.8 Å². The molecule has 0 spiro atoms. The highest BCUT2D eigenvalue weighted by Gasteiger charge is 2.36. The molecule has 1 aliphatic carbocycles. The number of rotatable bonds is 6. The van der Waals surface area contributed by atoms with Gasteiger partial charge < -0.3 is 11.5 Å². The van der Waals surface area contributed by atoms with Crippen molar-refractivity contribution in [3.63, 3.8) is 0 Å². The fraction of sp³-hybridized carbons (Fsp3) is 0.917. The molecule has 16 heavy (non-hydrogen) atoms. The van der Waals surface area contributed by atoms with Crippen molar-refractivity contribution in [3.05, 3.63) is 0 Å². The van der Waals surface area contributed by atoms with Crippen LogP contribution in [-0.2, 0) is 4.79 Å². The summed E-state index contributed by atoms with van der Waals surface area (Å²) in [7, 11) is 0. The zero-order chi connectivity index (χ0) is 12.0. The third-order valence-corrected chi connectivity index (χ3v) is 3.68. The van der Waals surface area contributed by atoms with E-state index in [-0.39, 0.29) is 11.4 Å². The second kappa shape index (κ2) is 6.21. The minimum atomic E-state index is -0.244. The van der Waals surface area contributed by atoms with E-state index in [4.69, 9.17) is 11.5 Å². The molecule has 0 atom stereocenters. The number of nitrogens with two attached hydrogens (primary N) is 2. The molecule has 1 aliphatic rings. The van der Waals surface area contributed by atoms with Gasteiger partial charge in [0, 0.05) is 12.1 Å². The van der Waals surface area contributed by atoms with Crippen molar-refractivity contribution in [3.8, 4) is 0 Å². The van der Waals surface area contributed by atoms with Gasteiger partial charge in [-0.05, 0) is 25.8 Å². The van der Waals surface area contributed by atoms with Crippen molar-refractivity contribution in [1.29, 1.82) is 0 Å². The largest absolute Gasteiger partial charge is 0.369 e. The second-order valence-corrected chi connectivity index (χ2v) is 4.88. The molecule has 0 aromatic rings. The van der Waals surface area contributed by atoms with Crippen LogP contribution in [0.4, 0.5) is 0 Å². The Morgan fingerprint density at radius 3 is 2.38 bits per heavy atom. The van der Waals surface area contributed by atoms with E-state index in [1.165, 1.54) is 19.3 Å². The molecule has 0 radical (unpaired) electrons. The van der Waals surface area contributed by atoms with Gasteiger partial charge >= 0.3 is 0 Å². The van der Waals surface area contributed by atoms with Crippen LogP contribution in [0.3, 0.4) is 0 Å². The molecule has 1 rings (SSSR count). The minimum absolute atomic E-state index is 0.0310. The Hall–Kier alpha value is -0.610. The molecule has 0 aliphatic heterocycles. The summed E-state index contributed by atoms with van der Waals surface area (Å²) in [4.78, 5) is 13.3. The maximum absolute atomic E-state index is 11.1. The highest BCUT2D eigenvalue weighted by molar-refractivity contribution is 5.76. The van der Waals surface area contributed by atoms with Gasteiger partial charge in [0.05, 0.1) is 6.54 Å². The molecule has 0 heterocycles. The number of hydrogen-bond acceptors (Lipinski definition) is 3. The first-order valence-electron chi connectivity index (χ1n) is 6.38. The van der Waals surface area contributed by atoms with Gasteiger partial charge in [0.15, 0.2) is 0 Å². The van der Waals surface area contributed by atoms with Gasteiger partial charge in [0.25, 0.3) is 0 Å². The molecule has 0 aromatic heterocycles. The molecule has 0 aromatic carbocycles. The molecule has 0 saturated heterocycles. The van der Waals surface area contributed by atoms with Crippen LogP contribution in [0.25, 0.3) is 0 Å². The van der Waals surface area contributed by atoms with E-state index in [1.807, 2.05) is 0 Å². The van der Waals surface area contributed by atoms with E-state index in [2.05, 4.69) is 11.8 Å². The van der Waals surface area contributed by atoms with E-state index in [0.29, 0.717) is 13.1 Å². The zero-order valence-corrected chi connectivity index (χ0v) is 10.4. The van der Waals surface area contributed by atoms with Crippen LogP contribution in [0.2, 0.25) is 0 Å². The molecule has 1 fully saturated rings. The Bertz CT molecular complexity index is 224. The molecule has 4 nitrogen and oxygen atoms in total. The van der Waals surface area contributed by atoms with Crippen LogP contribution in [0.1, 0.15) is 45.4 Å². The van der Waals surface area contributed by atoms with Gasteiger partial charge in [-0.3, -0.25) is 9.69 Å². The molecular formula is C12H25N3O. The summed E-state index contributed by atoms with van der Waals surface area (Å²) in [6, 6.07) is 0. The van der Waals surface area contributed by atoms with Gasteiger partial charge in [-0.1, -0.05) is 26.2 Å². The highest BCUT2D eigenvalue weighted by Crippen LogP contribution is 2.32. The Labute approximate surface area is 98.3 Å². The van der Waals surface area contributed by atoms with E-state index >= 15 is 0 Å². The van der Waals surface area contributed by atoms with Crippen molar-refractivity contribution < 1.29 is 4.79 Å². The summed E-state index contributed by atoms with van der Waals surface area (Å²) in [5.41, 5.74) is 11.3. The molecular weight excluding hydrogens is 202 g/mol. The smallest absolute Gasteiger partial charge is 0.231 e. The number of hydrogen-bond donors (Lipinski definition) is 2. The maximum atomic E-state index is 11.1. The third-order valence-electron chi connectivity index (χ3n) is 3.68. The number of nitrogens with zero attached hydrogens (tertiary/aromatic N) is 1. The Morgan fingerprint density at radius 1 is 1.31 bits per heavy atom. The summed E-state index contributed by atoms with van der Waals surface area (Å²) in [6.45, 7) is 4.03. The monoisotopic (exact) mass is 227 g/mol. The number of carbonyl (C=O) groups excluding carboxylic acids is 1. The number of carbonyl (C=O) groups is 1. The first-order valence-corrected chi connectivity index (χ1v) is 6.38. The van der Waals surface area contributed by atoms with Crippen LogP contribution in [0.5, 0.6) is 0 Å². The lowest BCUT2D eigenvalue weighted by atomic mass is 9.80. The Balaban J connectivity index is 2.73. The van der Waals surface area contributed by atoms with E-state index < -0.39 is 0 Å². The van der Waals surface area contributed by atoms with Crippen LogP contribution >= 0.6 is 0 Å². The molecule has 1 saturated carbocycles. The van der Waals surface area contributed by atoms with Crippen molar-refractivity contribution in [2.45, 2.75) is 51.0 Å². The normalized spacial score (nSPS) is 19.9. The molecule has 4 N–H and O–H groups in total. The fourth-order valence-corrected chi connectivity index (χ4v) is 2.80. The third kappa shape index (κ3) is 3.19. The molecule has 0 bridgehead atoms. The Morgan fingerprint density at radius 2 is 1.94 bits per heavy atom. The summed E-state index contributed by atoms with van der Waals surface area (Å²) in [5.74, 6) is -0.244. The number of primary amides is 1. The van der Waals surface area contributed by atoms with Crippen molar-refractivity contribution >= 4 is 5.91 Å². The molecule has 0 unspecified atom stereocenters. The summed E-state index contributed by atoms with van der Waals surface area (Å²) >= 11 is 0. The average molecular weight is 227 g/mol. The lowest BCUT2D eigenvalue weighted by Gasteiger charge is -2.45. The molecule has 94 valence electrons. The lowest BCUT2D eigenvalue weighted by Crippen LogP contribution is -2.57. The fourth-order valence-electron chi connectivity index (χ4n) is 2.80. The minimum Gasteiger partial charge on any atom is -0.369 e. The lowest BCUT2D eigenvalue weighted by molar-refractivity contribution is -0.121. The number of amides is 1. The topological polar surface area (TPSA) is 72.3 Å². The summed E-state index contributed by atoms with van der Waals surface area (Å²) < 4.78 is 0. The quantitative estimate of drug-likeness (QED) is 0.706. The van der Waals surface area contributed by atoms with Crippen LogP contribution in [-0.4, -0.2) is 36.0 Å². The maximum Gasteiger partial charge on any atom is 0.231 e. The summed E-state index contributed by atoms with van der Waals surface area (Å²) in [5, 5.41) is 0. The van der Waals surface area contributed by atoms with Crippen molar-refractivity contribution in [1.82, 2.24) is 4.90 Å². The first-order chi connectivity index (χ1) is 7.64. The van der Waals surface area contributed by atoms with Crippen LogP contribution in [0, 0.1) is 0 Å². The van der Waals surface area contributed by atoms with Crippen molar-refractivity contribution in [2.75, 3.05) is 19.6 Å². The van der Waals surface area contributed by atoms with Crippen molar-refractivity contribution in [2.24, 2.45) is 11.5 Å². The predicted octanol–water partition coefficient (Wildman–Crippen LogP) is 0.845. The van der Waals surface area contributed by atoms with Gasteiger partial charge in [0.2, 0.25) is 5.91 Å². The van der Waals surface area contributed by atoms with Gasteiger partial charge in [-0.15, -0.1) is 0 Å². The predicted molar refractivity (Wildman–Crippen MR) is 65.9 cm³/mol. The first kappa shape index (κ1) is 13.5. The van der Waals surface area contributed by atoms with Gasteiger partial charge in [-0.25, -0.2) is 0 Å². The van der Waals surface area contributed by atoms with E-state index in [9.17, 15) is 4.79 Å². The molecule has 4 heteroatoms. The van der Waals surface area contributed by atoms with Crippen LogP contribution in [0.15, 0.2) is 0 Å². The SMILES string of the molecule is CCCN(CC(N)=O)C1(CN)CCCCC1. The standard InChI is InChI=1S/C12H25N3O/c1-2-8-15(9-11(14)16)12(10-13)6-4-3-5-7-12/h2-10,13H2,1H3,(H2,14,16). The highest BCUT2D eigenvalue weighted by atomic mass is 16.1. The Kier molecular flexibility index (Phi) is 5.22. The van der Waals surface area contributed by atoms with E-state index in [1.54, 1.807) is 0 Å². The second-order valence-electron chi connectivity index (χ2n) is 4.88. The van der Waals surface area contributed by atoms with Crippen LogP contribution < -0.4 is 11.5 Å². The molecule has 1 amide bonds. The zero-order valence-electron chi connectivity index (χ0n) is 10.4.